The highest BCUT2D eigenvalue weighted by molar-refractivity contribution is 9.09. The Labute approximate surface area is 320 Å². The number of nitrogens with one attached hydrogen (secondary N) is 1. The number of Topliss-reactive ketones (excluding diaryl/α,β-unsaturated/α-hetero) is 2. The number of alkyl halides is 1. The van der Waals surface area contributed by atoms with Crippen LogP contribution in [0.15, 0.2) is 93.2 Å². The topological polar surface area (TPSA) is 159 Å². The van der Waals surface area contributed by atoms with E-state index < -0.39 is 81.6 Å². The van der Waals surface area contributed by atoms with Gasteiger partial charge < -0.3 is 19.0 Å². The van der Waals surface area contributed by atoms with E-state index in [9.17, 15) is 49.1 Å². The van der Waals surface area contributed by atoms with Crippen LogP contribution >= 0.6 is 32.9 Å². The van der Waals surface area contributed by atoms with E-state index in [0.29, 0.717) is 30.3 Å². The summed E-state index contributed by atoms with van der Waals surface area (Å²) in [4.78, 5) is 30.1. The van der Waals surface area contributed by atoms with Crippen LogP contribution in [-0.2, 0) is 6.54 Å². The molecule has 0 bridgehead atoms. The Kier molecular flexibility index (Phi) is 15.4. The van der Waals surface area contributed by atoms with E-state index in [1.54, 1.807) is 6.20 Å². The first-order valence-corrected chi connectivity index (χ1v) is 15.5. The summed E-state index contributed by atoms with van der Waals surface area (Å²) in [6.07, 6.45) is 9.85. The molecule has 4 heterocycles. The molecular formula is C33H21Br2F9N6O5. The summed E-state index contributed by atoms with van der Waals surface area (Å²) in [7, 11) is 0. The van der Waals surface area contributed by atoms with E-state index >= 15 is 0 Å². The first kappa shape index (κ1) is 43.5. The van der Waals surface area contributed by atoms with Crippen LogP contribution in [0.4, 0.5) is 45.5 Å². The molecule has 0 saturated carbocycles. The van der Waals surface area contributed by atoms with Crippen LogP contribution in [0.2, 0.25) is 0 Å². The summed E-state index contributed by atoms with van der Waals surface area (Å²) in [6.45, 7) is -0.392. The van der Waals surface area contributed by atoms with Gasteiger partial charge in [0, 0.05) is 42.4 Å². The number of nitrogen functional groups attached to an aromatic ring is 1. The Hall–Kier alpha value is -5.90. The molecule has 3 N–H and O–H groups in total. The molecule has 0 amide bonds. The van der Waals surface area contributed by atoms with E-state index in [0.717, 1.165) is 10.6 Å². The highest BCUT2D eigenvalue weighted by Crippen LogP contribution is 2.25. The van der Waals surface area contributed by atoms with Gasteiger partial charge in [-0.05, 0) is 18.2 Å². The zero-order valence-electron chi connectivity index (χ0n) is 27.0. The number of ketones is 2. The summed E-state index contributed by atoms with van der Waals surface area (Å²) >= 11 is 2.80. The number of fused-ring (bicyclic) bond motifs is 1. The van der Waals surface area contributed by atoms with E-state index in [2.05, 4.69) is 34.7 Å². The van der Waals surface area contributed by atoms with Gasteiger partial charge in [-0.15, -0.1) is 17.0 Å². The smallest absolute Gasteiger partial charge is 0.306 e. The largest absolute Gasteiger partial charge is 0.432 e. The van der Waals surface area contributed by atoms with Gasteiger partial charge in [0.15, 0.2) is 46.5 Å². The minimum absolute atomic E-state index is 0. The third-order valence-corrected chi connectivity index (χ3v) is 7.08. The van der Waals surface area contributed by atoms with Crippen molar-refractivity contribution in [3.63, 3.8) is 0 Å². The normalized spacial score (nSPS) is 10.3. The Bertz CT molecular complexity index is 2440. The van der Waals surface area contributed by atoms with Crippen molar-refractivity contribution in [3.05, 3.63) is 149 Å². The zero-order valence-corrected chi connectivity index (χ0v) is 30.3. The predicted molar refractivity (Wildman–Crippen MR) is 182 cm³/mol. The third kappa shape index (κ3) is 11.3. The average Bonchev–Trinajstić information content (AvgIpc) is 3.94. The molecule has 0 radical (unpaired) electrons. The maximum Gasteiger partial charge on any atom is 0.306 e. The standard InChI is InChI=1S/C11H7F3N2O2.C11H5F3N2O.C8H4BrF3O.C3H4N2O.BrH/c12-7-4-9(14)8(13)3-6(7)10(17)5-16-1-2-18-11(16)15;12-7-4-9(14)8(13)3-6(7)10-5-16-1-2-17-11(16)15-10;9-3-8(13)4-1-6(11)7(12)2-5(4)10;4-3-5-1-2-6-3;/h1-4,15H,5H2;1-5H;1-2H,3H2;1-2H,(H2,4,5);1H. The molecule has 0 atom stereocenters. The van der Waals surface area contributed by atoms with Crippen molar-refractivity contribution >= 4 is 56.3 Å². The minimum atomic E-state index is -1.36. The minimum Gasteiger partial charge on any atom is -0.432 e. The number of nitrogens with zero attached hydrogens (tertiary/aromatic N) is 4. The molecule has 0 aliphatic heterocycles. The number of anilines is 1. The van der Waals surface area contributed by atoms with Crippen LogP contribution in [0.3, 0.4) is 0 Å². The molecule has 0 aliphatic rings. The molecule has 0 saturated heterocycles. The lowest BCUT2D eigenvalue weighted by atomic mass is 10.1. The number of benzene rings is 3. The number of rotatable bonds is 6. The maximum absolute atomic E-state index is 13.5. The Morgan fingerprint density at radius 3 is 1.69 bits per heavy atom. The molecule has 7 rings (SSSR count). The number of hydrogen-bond donors (Lipinski definition) is 2. The molecule has 22 heteroatoms. The predicted octanol–water partition coefficient (Wildman–Crippen LogP) is 8.39. The van der Waals surface area contributed by atoms with E-state index in [4.69, 9.17) is 15.6 Å². The summed E-state index contributed by atoms with van der Waals surface area (Å²) < 4.78 is 133. The molecule has 4 aromatic heterocycles. The van der Waals surface area contributed by atoms with Crippen molar-refractivity contribution < 1.29 is 62.4 Å². The van der Waals surface area contributed by atoms with Crippen molar-refractivity contribution in [2.75, 3.05) is 11.1 Å². The van der Waals surface area contributed by atoms with Gasteiger partial charge in [0.05, 0.1) is 34.9 Å². The average molecular weight is 912 g/mol. The summed E-state index contributed by atoms with van der Waals surface area (Å²) in [5, 5.41) is 7.12. The van der Waals surface area contributed by atoms with Crippen LogP contribution in [0.5, 0.6) is 0 Å². The number of hydrogen-bond acceptors (Lipinski definition) is 9. The van der Waals surface area contributed by atoms with Crippen molar-refractivity contribution in [3.8, 4) is 11.3 Å². The number of aromatic nitrogens is 4. The van der Waals surface area contributed by atoms with Crippen molar-refractivity contribution in [2.45, 2.75) is 6.54 Å². The lowest BCUT2D eigenvalue weighted by molar-refractivity contribution is 0.0962. The van der Waals surface area contributed by atoms with Gasteiger partial charge in [-0.2, -0.15) is 4.98 Å². The van der Waals surface area contributed by atoms with Crippen molar-refractivity contribution in [2.24, 2.45) is 0 Å². The van der Waals surface area contributed by atoms with E-state index in [1.807, 2.05) is 0 Å². The molecule has 0 fully saturated rings. The monoisotopic (exact) mass is 910 g/mol. The molecule has 0 unspecified atom stereocenters. The lowest BCUT2D eigenvalue weighted by Crippen LogP contribution is -2.20. The Morgan fingerprint density at radius 1 is 0.691 bits per heavy atom. The summed E-state index contributed by atoms with van der Waals surface area (Å²) in [5.41, 5.74) is 3.76. The maximum atomic E-state index is 13.5. The van der Waals surface area contributed by atoms with Gasteiger partial charge >= 0.3 is 5.84 Å². The van der Waals surface area contributed by atoms with Gasteiger partial charge in [0.25, 0.3) is 11.7 Å². The van der Waals surface area contributed by atoms with Crippen LogP contribution in [0.1, 0.15) is 20.7 Å². The van der Waals surface area contributed by atoms with Crippen molar-refractivity contribution in [1.29, 1.82) is 5.41 Å². The summed E-state index contributed by atoms with van der Waals surface area (Å²) in [5.74, 6) is -11.8. The van der Waals surface area contributed by atoms with Crippen LogP contribution < -0.4 is 11.4 Å². The van der Waals surface area contributed by atoms with Gasteiger partial charge in [-0.3, -0.25) is 24.0 Å². The number of oxazole rings is 3. The summed E-state index contributed by atoms with van der Waals surface area (Å²) in [6, 6.07) is 3.19. The fraction of sp³-hybridized carbons (Fsp3) is 0.0606. The van der Waals surface area contributed by atoms with Gasteiger partial charge in [-0.1, -0.05) is 15.9 Å². The van der Waals surface area contributed by atoms with E-state index in [1.165, 1.54) is 41.8 Å². The van der Waals surface area contributed by atoms with Crippen LogP contribution in [-0.4, -0.2) is 35.8 Å². The lowest BCUT2D eigenvalue weighted by Gasteiger charge is -2.04. The highest BCUT2D eigenvalue weighted by Gasteiger charge is 2.18. The molecular weight excluding hydrogens is 891 g/mol. The Balaban J connectivity index is 0.000000206. The molecule has 0 spiro atoms. The first-order valence-electron chi connectivity index (χ1n) is 14.4. The second-order valence-electron chi connectivity index (χ2n) is 10.1. The quantitative estimate of drug-likeness (QED) is 0.0729. The van der Waals surface area contributed by atoms with Gasteiger partial charge in [0.1, 0.15) is 36.2 Å². The second-order valence-corrected chi connectivity index (χ2v) is 10.7. The molecule has 11 nitrogen and oxygen atoms in total. The SMILES string of the molecule is Br.Fc1cc(F)c(-c2cn3ccoc3n2)cc1F.N=c1occn1CC(=O)c1cc(F)c(F)cc1F.Nc1ncco1.O=C(CBr)c1cc(F)c(F)cc1F. The number of nitrogens with two attached hydrogens (primary N) is 1. The van der Waals surface area contributed by atoms with Crippen LogP contribution in [0, 0.1) is 57.8 Å². The number of imidazole rings is 1. The number of carbonyl (C=O) groups is 2. The first-order chi connectivity index (χ1) is 25.6. The highest BCUT2D eigenvalue weighted by atomic mass is 79.9. The van der Waals surface area contributed by atoms with E-state index in [-0.39, 0.29) is 51.1 Å². The zero-order chi connectivity index (χ0) is 39.7. The fourth-order valence-corrected chi connectivity index (χ4v) is 4.33. The number of carbonyl (C=O) groups excluding carboxylic acids is 2. The van der Waals surface area contributed by atoms with Crippen LogP contribution in [0.25, 0.3) is 17.1 Å². The molecule has 0 aliphatic carbocycles. The second kappa shape index (κ2) is 19.4. The number of halogens is 11. The molecule has 3 aromatic carbocycles. The van der Waals surface area contributed by atoms with Crippen molar-refractivity contribution in [1.82, 2.24) is 18.9 Å². The Morgan fingerprint density at radius 2 is 1.22 bits per heavy atom. The third-order valence-electron chi connectivity index (χ3n) is 6.57. The molecule has 7 aromatic rings. The van der Waals surface area contributed by atoms with Gasteiger partial charge in [0.2, 0.25) is 0 Å². The molecule has 55 heavy (non-hydrogen) atoms. The molecule has 290 valence electrons. The van der Waals surface area contributed by atoms with Gasteiger partial charge in [-0.25, -0.2) is 44.5 Å². The fourth-order valence-electron chi connectivity index (χ4n) is 4.02.